The van der Waals surface area contributed by atoms with Crippen LogP contribution >= 0.6 is 11.6 Å². The van der Waals surface area contributed by atoms with Crippen molar-refractivity contribution in [3.8, 4) is 0 Å². The van der Waals surface area contributed by atoms with E-state index in [0.717, 1.165) is 40.9 Å². The molecule has 2 aromatic carbocycles. The van der Waals surface area contributed by atoms with Gasteiger partial charge in [-0.25, -0.2) is 4.99 Å². The first-order valence-corrected chi connectivity index (χ1v) is 9.04. The van der Waals surface area contributed by atoms with Crippen molar-refractivity contribution in [2.75, 3.05) is 26.7 Å². The molecule has 1 aliphatic heterocycles. The van der Waals surface area contributed by atoms with Crippen molar-refractivity contribution in [1.29, 1.82) is 0 Å². The number of hydrogen-bond donors (Lipinski definition) is 1. The molecule has 0 unspecified atom stereocenters. The second-order valence-corrected chi connectivity index (χ2v) is 6.73. The highest BCUT2D eigenvalue weighted by Gasteiger charge is 2.26. The molecule has 0 aromatic heterocycles. The Morgan fingerprint density at radius 2 is 1.96 bits per heavy atom. The van der Waals surface area contributed by atoms with Crippen LogP contribution < -0.4 is 0 Å². The van der Waals surface area contributed by atoms with Gasteiger partial charge in [0, 0.05) is 30.8 Å². The fourth-order valence-electron chi connectivity index (χ4n) is 3.00. The molecular formula is C20H22ClN3O2. The minimum atomic E-state index is 0.159. The zero-order chi connectivity index (χ0) is 18.5. The van der Waals surface area contributed by atoms with Crippen molar-refractivity contribution in [3.63, 3.8) is 0 Å². The zero-order valence-electron chi connectivity index (χ0n) is 14.7. The molecule has 136 valence electrons. The highest BCUT2D eigenvalue weighted by atomic mass is 35.5. The molecule has 1 aliphatic rings. The van der Waals surface area contributed by atoms with Crippen LogP contribution in [0.1, 0.15) is 24.0 Å². The van der Waals surface area contributed by atoms with Crippen LogP contribution in [0.25, 0.3) is 0 Å². The van der Waals surface area contributed by atoms with Gasteiger partial charge in [-0.3, -0.25) is 0 Å². The lowest BCUT2D eigenvalue weighted by molar-refractivity contribution is -0.440. The molecule has 1 N–H and O–H groups in total. The third-order valence-corrected chi connectivity index (χ3v) is 4.62. The molecule has 0 atom stereocenters. The van der Waals surface area contributed by atoms with Crippen molar-refractivity contribution in [3.05, 3.63) is 69.9 Å². The summed E-state index contributed by atoms with van der Waals surface area (Å²) in [5.74, 6) is 0.701. The molecule has 0 bridgehead atoms. The van der Waals surface area contributed by atoms with Crippen LogP contribution in [0.2, 0.25) is 5.02 Å². The Labute approximate surface area is 158 Å². The number of hydrogen-bond acceptors (Lipinski definition) is 4. The molecule has 0 saturated heterocycles. The molecule has 0 amide bonds. The van der Waals surface area contributed by atoms with E-state index in [1.807, 2.05) is 48.3 Å². The SMILES string of the molecule is CN(CCCCO)C1=Nc2ccc(Cl)cc2C(c2ccccc2)=[N+]([O-])C1. The van der Waals surface area contributed by atoms with Crippen LogP contribution in [0.5, 0.6) is 0 Å². The predicted molar refractivity (Wildman–Crippen MR) is 106 cm³/mol. The number of rotatable bonds is 5. The molecule has 5 nitrogen and oxygen atoms in total. The number of nitrogens with zero attached hydrogens (tertiary/aromatic N) is 3. The second kappa shape index (κ2) is 8.34. The standard InChI is InChI=1S/C20H22ClN3O2/c1-23(11-5-6-12-25)19-14-24(26)20(15-7-3-2-4-8-15)17-13-16(21)9-10-18(17)22-19/h2-4,7-10,13,25H,5-6,11-12,14H2,1H3. The summed E-state index contributed by atoms with van der Waals surface area (Å²) in [4.78, 5) is 6.72. The van der Waals surface area contributed by atoms with Gasteiger partial charge in [-0.2, -0.15) is 4.74 Å². The summed E-state index contributed by atoms with van der Waals surface area (Å²) < 4.78 is 0.985. The van der Waals surface area contributed by atoms with Gasteiger partial charge in [0.1, 0.15) is 0 Å². The van der Waals surface area contributed by atoms with Crippen LogP contribution in [0, 0.1) is 5.21 Å². The maximum atomic E-state index is 13.0. The van der Waals surface area contributed by atoms with E-state index in [2.05, 4.69) is 0 Å². The highest BCUT2D eigenvalue weighted by Crippen LogP contribution is 2.28. The topological polar surface area (TPSA) is 61.9 Å². The molecule has 26 heavy (non-hydrogen) atoms. The number of amidine groups is 1. The quantitative estimate of drug-likeness (QED) is 0.497. The summed E-state index contributed by atoms with van der Waals surface area (Å²) in [6.07, 6.45) is 1.57. The molecule has 0 spiro atoms. The van der Waals surface area contributed by atoms with Gasteiger partial charge < -0.3 is 15.2 Å². The highest BCUT2D eigenvalue weighted by molar-refractivity contribution is 6.31. The first-order chi connectivity index (χ1) is 12.6. The molecule has 0 fully saturated rings. The van der Waals surface area contributed by atoms with E-state index in [1.54, 1.807) is 12.1 Å². The number of likely N-dealkylation sites (N-methyl/N-ethyl adjacent to an activating group) is 1. The summed E-state index contributed by atoms with van der Waals surface area (Å²) in [5.41, 5.74) is 2.88. The minimum absolute atomic E-state index is 0.159. The van der Waals surface area contributed by atoms with E-state index in [-0.39, 0.29) is 13.2 Å². The lowest BCUT2D eigenvalue weighted by Gasteiger charge is -2.20. The van der Waals surface area contributed by atoms with Crippen molar-refractivity contribution >= 4 is 28.8 Å². The monoisotopic (exact) mass is 371 g/mol. The number of halogens is 1. The third-order valence-electron chi connectivity index (χ3n) is 4.39. The fourth-order valence-corrected chi connectivity index (χ4v) is 3.18. The van der Waals surface area contributed by atoms with E-state index < -0.39 is 0 Å². The minimum Gasteiger partial charge on any atom is -0.623 e. The zero-order valence-corrected chi connectivity index (χ0v) is 15.5. The van der Waals surface area contributed by atoms with Crippen molar-refractivity contribution in [2.45, 2.75) is 12.8 Å². The average molecular weight is 372 g/mol. The first-order valence-electron chi connectivity index (χ1n) is 8.66. The molecule has 2 aromatic rings. The number of unbranched alkanes of at least 4 members (excludes halogenated alkanes) is 1. The van der Waals surface area contributed by atoms with E-state index in [4.69, 9.17) is 21.7 Å². The summed E-state index contributed by atoms with van der Waals surface area (Å²) >= 11 is 6.20. The van der Waals surface area contributed by atoms with Gasteiger partial charge in [0.15, 0.2) is 5.84 Å². The largest absolute Gasteiger partial charge is 0.623 e. The summed E-state index contributed by atoms with van der Waals surface area (Å²) in [7, 11) is 1.92. The van der Waals surface area contributed by atoms with Crippen LogP contribution in [0.4, 0.5) is 5.69 Å². The Balaban J connectivity index is 2.05. The Kier molecular flexibility index (Phi) is 5.91. The van der Waals surface area contributed by atoms with Gasteiger partial charge in [-0.05, 0) is 43.2 Å². The number of aliphatic hydroxyl groups is 1. The number of hydroxylamine groups is 1. The van der Waals surface area contributed by atoms with Crippen LogP contribution in [0.15, 0.2) is 53.5 Å². The molecule has 3 rings (SSSR count). The van der Waals surface area contributed by atoms with Gasteiger partial charge in [0.05, 0.1) is 11.3 Å². The van der Waals surface area contributed by atoms with Gasteiger partial charge in [0.25, 0.3) is 0 Å². The van der Waals surface area contributed by atoms with Crippen molar-refractivity contribution in [2.24, 2.45) is 4.99 Å². The van der Waals surface area contributed by atoms with Gasteiger partial charge in [0.2, 0.25) is 12.3 Å². The average Bonchev–Trinajstić information content (AvgIpc) is 2.78. The molecular weight excluding hydrogens is 350 g/mol. The second-order valence-electron chi connectivity index (χ2n) is 6.29. The van der Waals surface area contributed by atoms with Crippen LogP contribution in [-0.4, -0.2) is 53.0 Å². The Morgan fingerprint density at radius 3 is 2.69 bits per heavy atom. The van der Waals surface area contributed by atoms with E-state index in [0.29, 0.717) is 16.6 Å². The molecule has 1 heterocycles. The Bertz CT molecular complexity index is 834. The molecule has 0 saturated carbocycles. The first kappa shape index (κ1) is 18.4. The van der Waals surface area contributed by atoms with Gasteiger partial charge >= 0.3 is 0 Å². The number of fused-ring (bicyclic) bond motifs is 1. The Morgan fingerprint density at radius 1 is 1.19 bits per heavy atom. The maximum absolute atomic E-state index is 13.0. The molecule has 0 aliphatic carbocycles. The normalized spacial score (nSPS) is 13.9. The third kappa shape index (κ3) is 4.06. The predicted octanol–water partition coefficient (Wildman–Crippen LogP) is 3.44. The van der Waals surface area contributed by atoms with Crippen molar-refractivity contribution < 1.29 is 9.85 Å². The molecule has 6 heteroatoms. The van der Waals surface area contributed by atoms with E-state index in [9.17, 15) is 5.21 Å². The van der Waals surface area contributed by atoms with E-state index in [1.165, 1.54) is 0 Å². The Hall–Kier alpha value is -2.37. The smallest absolute Gasteiger partial charge is 0.228 e. The molecule has 0 radical (unpaired) electrons. The summed E-state index contributed by atoms with van der Waals surface area (Å²) in [6, 6.07) is 15.0. The summed E-state index contributed by atoms with van der Waals surface area (Å²) in [5, 5.41) is 22.6. The van der Waals surface area contributed by atoms with Gasteiger partial charge in [-0.15, -0.1) is 0 Å². The van der Waals surface area contributed by atoms with Crippen LogP contribution in [0.3, 0.4) is 0 Å². The van der Waals surface area contributed by atoms with E-state index >= 15 is 0 Å². The summed E-state index contributed by atoms with van der Waals surface area (Å²) in [6.45, 7) is 1.06. The lowest BCUT2D eigenvalue weighted by atomic mass is 10.0. The number of aliphatic imine (C=N–C) groups is 1. The lowest BCUT2D eigenvalue weighted by Crippen LogP contribution is -2.34. The maximum Gasteiger partial charge on any atom is 0.228 e. The number of benzene rings is 2. The van der Waals surface area contributed by atoms with Gasteiger partial charge in [-0.1, -0.05) is 29.8 Å². The van der Waals surface area contributed by atoms with Crippen molar-refractivity contribution in [1.82, 2.24) is 4.90 Å². The number of aliphatic hydroxyl groups excluding tert-OH is 1. The van der Waals surface area contributed by atoms with Crippen LogP contribution in [-0.2, 0) is 0 Å². The fraction of sp³-hybridized carbons (Fsp3) is 0.300.